The van der Waals surface area contributed by atoms with Crippen LogP contribution in [0.3, 0.4) is 0 Å². The zero-order valence-corrected chi connectivity index (χ0v) is 13.9. The zero-order valence-electron chi connectivity index (χ0n) is 13.9. The van der Waals surface area contributed by atoms with E-state index in [4.69, 9.17) is 10.8 Å². The van der Waals surface area contributed by atoms with Crippen molar-refractivity contribution in [1.82, 2.24) is 5.32 Å². The quantitative estimate of drug-likeness (QED) is 0.555. The van der Waals surface area contributed by atoms with Gasteiger partial charge in [0.2, 0.25) is 11.8 Å². The van der Waals surface area contributed by atoms with Gasteiger partial charge in [0.25, 0.3) is 0 Å². The van der Waals surface area contributed by atoms with Crippen molar-refractivity contribution in [2.75, 3.05) is 5.32 Å². The molecule has 5 N–H and O–H groups in total. The molecule has 0 aromatic heterocycles. The number of hydrogen-bond donors (Lipinski definition) is 4. The summed E-state index contributed by atoms with van der Waals surface area (Å²) < 4.78 is 4.44. The van der Waals surface area contributed by atoms with Crippen LogP contribution in [-0.4, -0.2) is 35.2 Å². The Balaban J connectivity index is 2.54. The molecule has 0 unspecified atom stereocenters. The molecule has 0 saturated carbocycles. The van der Waals surface area contributed by atoms with Crippen molar-refractivity contribution in [3.8, 4) is 0 Å². The Labute approximate surface area is 140 Å². The lowest BCUT2D eigenvalue weighted by atomic mass is 10.0. The van der Waals surface area contributed by atoms with E-state index in [1.165, 1.54) is 0 Å². The topological polar surface area (TPSA) is 131 Å². The average Bonchev–Trinajstić information content (AvgIpc) is 2.52. The number of carboxylic acid groups (broad SMARTS) is 1. The molecule has 0 bridgehead atoms. The molecule has 0 aliphatic rings. The van der Waals surface area contributed by atoms with Crippen LogP contribution in [0.4, 0.5) is 10.5 Å². The average molecular weight is 337 g/mol. The Bertz CT molecular complexity index is 586. The van der Waals surface area contributed by atoms with Crippen LogP contribution >= 0.6 is 0 Å². The van der Waals surface area contributed by atoms with E-state index in [-0.39, 0.29) is 24.3 Å². The summed E-state index contributed by atoms with van der Waals surface area (Å²) in [5.74, 6) is -0.788. The largest absolute Gasteiger partial charge is 0.506 e. The Morgan fingerprint density at radius 1 is 1.12 bits per heavy atom. The predicted octanol–water partition coefficient (Wildman–Crippen LogP) is 1.31. The summed E-state index contributed by atoms with van der Waals surface area (Å²) in [6, 6.07) is 5.10. The second-order valence-electron chi connectivity index (χ2n) is 5.74. The normalized spacial score (nSPS) is 13.0. The van der Waals surface area contributed by atoms with Gasteiger partial charge in [-0.3, -0.25) is 9.59 Å². The minimum Gasteiger partial charge on any atom is -0.450 e. The lowest BCUT2D eigenvalue weighted by Gasteiger charge is -2.19. The first-order valence-corrected chi connectivity index (χ1v) is 7.52. The first-order valence-electron chi connectivity index (χ1n) is 7.52. The molecular formula is C16H23N3O5. The molecule has 2 amide bonds. The number of nitrogens with one attached hydrogen (secondary N) is 2. The second kappa shape index (κ2) is 8.88. The summed E-state index contributed by atoms with van der Waals surface area (Å²) in [7, 11) is 0. The van der Waals surface area contributed by atoms with Crippen LogP contribution in [0, 0.1) is 5.92 Å². The van der Waals surface area contributed by atoms with Crippen molar-refractivity contribution >= 4 is 23.7 Å². The molecule has 0 heterocycles. The molecule has 0 spiro atoms. The molecule has 1 aromatic rings. The Morgan fingerprint density at radius 2 is 1.71 bits per heavy atom. The van der Waals surface area contributed by atoms with Crippen molar-refractivity contribution in [2.24, 2.45) is 11.7 Å². The third-order valence-electron chi connectivity index (χ3n) is 3.36. The molecule has 8 nitrogen and oxygen atoms in total. The Hall–Kier alpha value is -2.61. The summed E-state index contributed by atoms with van der Waals surface area (Å²) in [6.07, 6.45) is -1.35. The Kier molecular flexibility index (Phi) is 7.19. The van der Waals surface area contributed by atoms with Crippen LogP contribution < -0.4 is 16.4 Å². The van der Waals surface area contributed by atoms with Gasteiger partial charge in [-0.1, -0.05) is 26.0 Å². The van der Waals surface area contributed by atoms with E-state index in [1.54, 1.807) is 31.2 Å². The van der Waals surface area contributed by atoms with Crippen molar-refractivity contribution < 1.29 is 24.2 Å². The monoisotopic (exact) mass is 337 g/mol. The maximum atomic E-state index is 12.1. The number of carbonyl (C=O) groups excluding carboxylic acids is 2. The fourth-order valence-corrected chi connectivity index (χ4v) is 1.76. The predicted molar refractivity (Wildman–Crippen MR) is 88.3 cm³/mol. The number of amides is 2. The molecule has 1 aromatic carbocycles. The number of carbonyl (C=O) groups is 3. The van der Waals surface area contributed by atoms with Gasteiger partial charge in [-0.2, -0.15) is 0 Å². The highest BCUT2D eigenvalue weighted by Crippen LogP contribution is 2.11. The molecule has 8 heteroatoms. The summed E-state index contributed by atoms with van der Waals surface area (Å²) >= 11 is 0. The van der Waals surface area contributed by atoms with E-state index in [2.05, 4.69) is 15.4 Å². The van der Waals surface area contributed by atoms with Crippen LogP contribution in [0.5, 0.6) is 0 Å². The summed E-state index contributed by atoms with van der Waals surface area (Å²) in [4.78, 5) is 34.2. The van der Waals surface area contributed by atoms with Gasteiger partial charge in [0.1, 0.15) is 12.6 Å². The van der Waals surface area contributed by atoms with E-state index in [0.29, 0.717) is 11.3 Å². The lowest BCUT2D eigenvalue weighted by Crippen LogP contribution is -2.50. The minimum atomic E-state index is -1.35. The molecular weight excluding hydrogens is 314 g/mol. The van der Waals surface area contributed by atoms with Gasteiger partial charge in [0.15, 0.2) is 0 Å². The maximum absolute atomic E-state index is 12.1. The third-order valence-corrected chi connectivity index (χ3v) is 3.36. The fraction of sp³-hybridized carbons (Fsp3) is 0.438. The summed E-state index contributed by atoms with van der Waals surface area (Å²) in [5.41, 5.74) is 6.90. The van der Waals surface area contributed by atoms with Crippen LogP contribution in [0.1, 0.15) is 26.3 Å². The van der Waals surface area contributed by atoms with E-state index in [0.717, 1.165) is 0 Å². The molecule has 132 valence electrons. The number of ether oxygens (including phenoxy) is 1. The Morgan fingerprint density at radius 3 is 2.21 bits per heavy atom. The van der Waals surface area contributed by atoms with E-state index >= 15 is 0 Å². The van der Waals surface area contributed by atoms with Crippen LogP contribution in [0.2, 0.25) is 0 Å². The smallest absolute Gasteiger partial charge is 0.450 e. The summed E-state index contributed by atoms with van der Waals surface area (Å²) in [6.45, 7) is 5.15. The van der Waals surface area contributed by atoms with Crippen molar-refractivity contribution in [2.45, 2.75) is 39.5 Å². The number of hydrogen-bond acceptors (Lipinski definition) is 5. The van der Waals surface area contributed by atoms with E-state index in [1.807, 2.05) is 13.8 Å². The number of nitrogens with two attached hydrogens (primary N) is 1. The fourth-order valence-electron chi connectivity index (χ4n) is 1.76. The first-order chi connectivity index (χ1) is 11.2. The molecule has 0 saturated heterocycles. The van der Waals surface area contributed by atoms with Crippen LogP contribution in [0.25, 0.3) is 0 Å². The maximum Gasteiger partial charge on any atom is 0.506 e. The first kappa shape index (κ1) is 19.4. The van der Waals surface area contributed by atoms with Gasteiger partial charge in [-0.25, -0.2) is 4.79 Å². The molecule has 0 aliphatic carbocycles. The van der Waals surface area contributed by atoms with E-state index < -0.39 is 18.2 Å². The van der Waals surface area contributed by atoms with Crippen LogP contribution in [0.15, 0.2) is 24.3 Å². The zero-order chi connectivity index (χ0) is 18.3. The van der Waals surface area contributed by atoms with Gasteiger partial charge < -0.3 is 26.2 Å². The van der Waals surface area contributed by atoms with Gasteiger partial charge in [-0.15, -0.1) is 0 Å². The van der Waals surface area contributed by atoms with Crippen molar-refractivity contribution in [3.63, 3.8) is 0 Å². The number of anilines is 1. The molecule has 0 radical (unpaired) electrons. The summed E-state index contributed by atoms with van der Waals surface area (Å²) in [5, 5.41) is 13.7. The molecule has 24 heavy (non-hydrogen) atoms. The van der Waals surface area contributed by atoms with Crippen molar-refractivity contribution in [3.05, 3.63) is 29.8 Å². The van der Waals surface area contributed by atoms with Gasteiger partial charge in [-0.05, 0) is 30.5 Å². The number of rotatable bonds is 7. The highest BCUT2D eigenvalue weighted by molar-refractivity contribution is 5.97. The molecule has 0 aliphatic heterocycles. The highest BCUT2D eigenvalue weighted by Gasteiger charge is 2.22. The van der Waals surface area contributed by atoms with Gasteiger partial charge >= 0.3 is 6.16 Å². The highest BCUT2D eigenvalue weighted by atomic mass is 16.7. The number of benzene rings is 1. The van der Waals surface area contributed by atoms with E-state index in [9.17, 15) is 14.4 Å². The SMILES string of the molecule is CC(C)[C@H](N)C(=O)N[C@@H](C)C(=O)Nc1ccc(COC(=O)O)cc1. The lowest BCUT2D eigenvalue weighted by molar-refractivity contribution is -0.127. The third kappa shape index (κ3) is 6.25. The van der Waals surface area contributed by atoms with Crippen molar-refractivity contribution in [1.29, 1.82) is 0 Å². The van der Waals surface area contributed by atoms with Gasteiger partial charge in [0.05, 0.1) is 6.04 Å². The standard InChI is InChI=1S/C16H23N3O5/c1-9(2)13(17)15(21)18-10(3)14(20)19-12-6-4-11(5-7-12)8-24-16(22)23/h4-7,9-10,13H,8,17H2,1-3H3,(H,18,21)(H,19,20)(H,22,23)/t10-,13-/m0/s1. The van der Waals surface area contributed by atoms with Gasteiger partial charge in [0, 0.05) is 5.69 Å². The molecule has 0 fully saturated rings. The second-order valence-corrected chi connectivity index (χ2v) is 5.74. The molecule has 2 atom stereocenters. The van der Waals surface area contributed by atoms with Crippen LogP contribution in [-0.2, 0) is 20.9 Å². The molecule has 1 rings (SSSR count). The minimum absolute atomic E-state index is 0.0270.